The van der Waals surface area contributed by atoms with Crippen molar-refractivity contribution >= 4 is 5.69 Å². The van der Waals surface area contributed by atoms with Crippen molar-refractivity contribution in [2.45, 2.75) is 32.7 Å². The predicted octanol–water partition coefficient (Wildman–Crippen LogP) is 4.12. The fraction of sp³-hybridized carbons (Fsp3) is 0.438. The molecule has 3 heteroatoms. The Hall–Kier alpha value is -1.82. The molecule has 100 valence electrons. The van der Waals surface area contributed by atoms with E-state index in [1.165, 1.54) is 17.7 Å². The number of halogens is 1. The number of rotatable bonds is 3. The molecule has 1 aliphatic rings. The van der Waals surface area contributed by atoms with Gasteiger partial charge in [-0.05, 0) is 55.9 Å². The van der Waals surface area contributed by atoms with Gasteiger partial charge in [-0.2, -0.15) is 5.26 Å². The Labute approximate surface area is 113 Å². The Bertz CT molecular complexity index is 498. The zero-order chi connectivity index (χ0) is 13.8. The van der Waals surface area contributed by atoms with Crippen LogP contribution in [0.25, 0.3) is 0 Å². The number of hydrogen-bond acceptors (Lipinski definition) is 2. The number of hydrogen-bond donors (Lipinski definition) is 1. The van der Waals surface area contributed by atoms with Gasteiger partial charge in [0.15, 0.2) is 0 Å². The summed E-state index contributed by atoms with van der Waals surface area (Å²) in [7, 11) is 0. The third-order valence-corrected chi connectivity index (χ3v) is 3.60. The molecule has 0 bridgehead atoms. The molecule has 0 spiro atoms. The van der Waals surface area contributed by atoms with Crippen LogP contribution in [0.1, 0.15) is 26.7 Å². The summed E-state index contributed by atoms with van der Waals surface area (Å²) >= 11 is 0. The van der Waals surface area contributed by atoms with Crippen LogP contribution in [0.4, 0.5) is 10.1 Å². The third kappa shape index (κ3) is 3.57. The van der Waals surface area contributed by atoms with Gasteiger partial charge in [0.1, 0.15) is 11.9 Å². The quantitative estimate of drug-likeness (QED) is 0.828. The van der Waals surface area contributed by atoms with E-state index in [0.29, 0.717) is 11.8 Å². The summed E-state index contributed by atoms with van der Waals surface area (Å²) in [5, 5.41) is 12.6. The molecule has 3 unspecified atom stereocenters. The second-order valence-electron chi connectivity index (χ2n) is 5.45. The highest BCUT2D eigenvalue weighted by molar-refractivity contribution is 5.45. The van der Waals surface area contributed by atoms with E-state index in [0.717, 1.165) is 18.5 Å². The summed E-state index contributed by atoms with van der Waals surface area (Å²) in [6, 6.07) is 8.29. The van der Waals surface area contributed by atoms with Crippen molar-refractivity contribution in [1.82, 2.24) is 0 Å². The first-order valence-electron chi connectivity index (χ1n) is 6.67. The molecule has 0 aliphatic heterocycles. The van der Waals surface area contributed by atoms with Gasteiger partial charge < -0.3 is 5.32 Å². The smallest absolute Gasteiger partial charge is 0.123 e. The van der Waals surface area contributed by atoms with Crippen molar-refractivity contribution in [3.05, 3.63) is 41.7 Å². The lowest BCUT2D eigenvalue weighted by Gasteiger charge is -2.29. The van der Waals surface area contributed by atoms with Crippen LogP contribution in [0, 0.1) is 29.0 Å². The molecule has 3 atom stereocenters. The fourth-order valence-electron chi connectivity index (χ4n) is 2.83. The molecule has 1 aliphatic carbocycles. The number of nitrogens with one attached hydrogen (secondary N) is 1. The largest absolute Gasteiger partial charge is 0.370 e. The highest BCUT2D eigenvalue weighted by atomic mass is 19.1. The van der Waals surface area contributed by atoms with Gasteiger partial charge >= 0.3 is 0 Å². The minimum Gasteiger partial charge on any atom is -0.370 e. The standard InChI is InChI=1S/C16H19FN2/c1-11-7-12(2)9-13(8-11)16(10-18)19-15-5-3-14(17)4-6-15/h3-7,11,13,16,19H,8-9H2,1-2H3. The average Bonchev–Trinajstić information content (AvgIpc) is 2.37. The number of allylic oxidation sites excluding steroid dienone is 2. The normalized spacial score (nSPS) is 24.2. The fourth-order valence-corrected chi connectivity index (χ4v) is 2.83. The van der Waals surface area contributed by atoms with Crippen LogP contribution < -0.4 is 5.32 Å². The molecule has 1 aromatic rings. The van der Waals surface area contributed by atoms with E-state index in [4.69, 9.17) is 0 Å². The van der Waals surface area contributed by atoms with Crippen LogP contribution in [-0.4, -0.2) is 6.04 Å². The number of benzene rings is 1. The van der Waals surface area contributed by atoms with Gasteiger partial charge in [0.2, 0.25) is 0 Å². The Morgan fingerprint density at radius 1 is 1.37 bits per heavy atom. The van der Waals surface area contributed by atoms with Crippen molar-refractivity contribution in [2.24, 2.45) is 11.8 Å². The summed E-state index contributed by atoms with van der Waals surface area (Å²) < 4.78 is 12.9. The molecule has 0 radical (unpaired) electrons. The minimum absolute atomic E-state index is 0.225. The first kappa shape index (κ1) is 13.6. The summed E-state index contributed by atoms with van der Waals surface area (Å²) in [5.41, 5.74) is 2.15. The van der Waals surface area contributed by atoms with Gasteiger partial charge in [0.25, 0.3) is 0 Å². The maximum Gasteiger partial charge on any atom is 0.123 e. The van der Waals surface area contributed by atoms with Gasteiger partial charge in [0, 0.05) is 5.69 Å². The van der Waals surface area contributed by atoms with Crippen LogP contribution >= 0.6 is 0 Å². The monoisotopic (exact) mass is 258 g/mol. The average molecular weight is 258 g/mol. The predicted molar refractivity (Wildman–Crippen MR) is 75.1 cm³/mol. The number of nitrogens with zero attached hydrogens (tertiary/aromatic N) is 1. The van der Waals surface area contributed by atoms with Gasteiger partial charge in [-0.25, -0.2) is 4.39 Å². The molecule has 2 nitrogen and oxygen atoms in total. The molecular formula is C16H19FN2. The highest BCUT2D eigenvalue weighted by Crippen LogP contribution is 2.31. The Balaban J connectivity index is 2.07. The summed E-state index contributed by atoms with van der Waals surface area (Å²) in [5.74, 6) is 0.573. The van der Waals surface area contributed by atoms with E-state index in [1.807, 2.05) is 0 Å². The summed E-state index contributed by atoms with van der Waals surface area (Å²) in [6.45, 7) is 4.30. The van der Waals surface area contributed by atoms with E-state index in [1.54, 1.807) is 12.1 Å². The zero-order valence-electron chi connectivity index (χ0n) is 11.4. The SMILES string of the molecule is CC1=CC(C)CC(C(C#N)Nc2ccc(F)cc2)C1. The second-order valence-corrected chi connectivity index (χ2v) is 5.45. The molecule has 0 amide bonds. The molecule has 0 fully saturated rings. The maximum atomic E-state index is 12.9. The van der Waals surface area contributed by atoms with Crippen molar-refractivity contribution in [2.75, 3.05) is 5.32 Å². The molecule has 1 N–H and O–H groups in total. The van der Waals surface area contributed by atoms with Crippen molar-refractivity contribution in [3.8, 4) is 6.07 Å². The van der Waals surface area contributed by atoms with Gasteiger partial charge in [-0.15, -0.1) is 0 Å². The number of anilines is 1. The van der Waals surface area contributed by atoms with Crippen molar-refractivity contribution in [3.63, 3.8) is 0 Å². The molecule has 2 rings (SSSR count). The van der Waals surface area contributed by atoms with Gasteiger partial charge in [-0.3, -0.25) is 0 Å². The minimum atomic E-state index is -0.260. The lowest BCUT2D eigenvalue weighted by Crippen LogP contribution is -2.30. The van der Waals surface area contributed by atoms with E-state index in [-0.39, 0.29) is 11.9 Å². The summed E-state index contributed by atoms with van der Waals surface area (Å²) in [6.07, 6.45) is 4.25. The van der Waals surface area contributed by atoms with E-state index >= 15 is 0 Å². The number of nitriles is 1. The molecule has 0 saturated carbocycles. The maximum absolute atomic E-state index is 12.9. The lowest BCUT2D eigenvalue weighted by atomic mass is 9.80. The first-order chi connectivity index (χ1) is 9.08. The Kier molecular flexibility index (Phi) is 4.21. The molecular weight excluding hydrogens is 239 g/mol. The molecule has 19 heavy (non-hydrogen) atoms. The second kappa shape index (κ2) is 5.88. The van der Waals surface area contributed by atoms with Crippen LogP contribution in [-0.2, 0) is 0 Å². The first-order valence-corrected chi connectivity index (χ1v) is 6.67. The topological polar surface area (TPSA) is 35.8 Å². The molecule has 1 aromatic carbocycles. The van der Waals surface area contributed by atoms with E-state index in [2.05, 4.69) is 31.3 Å². The highest BCUT2D eigenvalue weighted by Gasteiger charge is 2.26. The molecule has 0 saturated heterocycles. The van der Waals surface area contributed by atoms with E-state index < -0.39 is 0 Å². The van der Waals surface area contributed by atoms with Crippen LogP contribution in [0.5, 0.6) is 0 Å². The summed E-state index contributed by atoms with van der Waals surface area (Å²) in [4.78, 5) is 0. The van der Waals surface area contributed by atoms with Crippen LogP contribution in [0.3, 0.4) is 0 Å². The third-order valence-electron chi connectivity index (χ3n) is 3.60. The van der Waals surface area contributed by atoms with Crippen molar-refractivity contribution < 1.29 is 4.39 Å². The van der Waals surface area contributed by atoms with E-state index in [9.17, 15) is 9.65 Å². The van der Waals surface area contributed by atoms with Crippen LogP contribution in [0.15, 0.2) is 35.9 Å². The van der Waals surface area contributed by atoms with Crippen molar-refractivity contribution in [1.29, 1.82) is 5.26 Å². The Morgan fingerprint density at radius 3 is 2.63 bits per heavy atom. The molecule has 0 heterocycles. The van der Waals surface area contributed by atoms with Crippen LogP contribution in [0.2, 0.25) is 0 Å². The zero-order valence-corrected chi connectivity index (χ0v) is 11.4. The van der Waals surface area contributed by atoms with Gasteiger partial charge in [0.05, 0.1) is 6.07 Å². The molecule has 0 aromatic heterocycles. The van der Waals surface area contributed by atoms with Gasteiger partial charge in [-0.1, -0.05) is 18.6 Å². The Morgan fingerprint density at radius 2 is 2.05 bits per heavy atom. The lowest BCUT2D eigenvalue weighted by molar-refractivity contribution is 0.388.